The molecule has 0 aliphatic carbocycles. The minimum atomic E-state index is 0.651. The summed E-state index contributed by atoms with van der Waals surface area (Å²) in [4.78, 5) is 7.17. The number of terminal acetylenes is 1. The van der Waals surface area contributed by atoms with E-state index in [1.165, 1.54) is 31.5 Å². The zero-order chi connectivity index (χ0) is 30.6. The van der Waals surface area contributed by atoms with Crippen molar-refractivity contribution in [2.45, 2.75) is 53.9 Å². The van der Waals surface area contributed by atoms with E-state index in [2.05, 4.69) is 68.1 Å². The Balaban J connectivity index is 0.00000196. The fraction of sp³-hybridized carbons (Fsp3) is 0.342. The molecule has 0 amide bonds. The largest absolute Gasteiger partial charge is 0.381 e. The first-order chi connectivity index (χ1) is 19.8. The first-order valence-corrected chi connectivity index (χ1v) is 14.5. The number of rotatable bonds is 12. The lowest BCUT2D eigenvalue weighted by atomic mass is 9.90. The highest BCUT2D eigenvalue weighted by molar-refractivity contribution is 6.01. The number of allylic oxidation sites excluding steroid dienone is 9. The van der Waals surface area contributed by atoms with Crippen LogP contribution in [0.3, 0.4) is 0 Å². The molecule has 0 aromatic heterocycles. The zero-order valence-corrected chi connectivity index (χ0v) is 26.3. The third-order valence-corrected chi connectivity index (χ3v) is 7.28. The molecule has 0 radical (unpaired) electrons. The van der Waals surface area contributed by atoms with Crippen molar-refractivity contribution in [1.82, 2.24) is 10.2 Å². The Morgan fingerprint density at radius 2 is 1.73 bits per heavy atom. The van der Waals surface area contributed by atoms with Gasteiger partial charge in [0, 0.05) is 29.7 Å². The van der Waals surface area contributed by atoms with Gasteiger partial charge in [0.15, 0.2) is 0 Å². The molecular formula is C38H51N3. The molecule has 1 aromatic carbocycles. The number of benzene rings is 1. The zero-order valence-electron chi connectivity index (χ0n) is 26.3. The summed E-state index contributed by atoms with van der Waals surface area (Å²) in [5.41, 5.74) is 8.26. The van der Waals surface area contributed by atoms with Gasteiger partial charge >= 0.3 is 0 Å². The Morgan fingerprint density at radius 1 is 1.05 bits per heavy atom. The summed E-state index contributed by atoms with van der Waals surface area (Å²) in [6.45, 7) is 25.2. The van der Waals surface area contributed by atoms with Crippen LogP contribution in [0.1, 0.15) is 65.0 Å². The Morgan fingerprint density at radius 3 is 2.27 bits per heavy atom. The smallest absolute Gasteiger partial charge is 0.0444 e. The quantitative estimate of drug-likeness (QED) is 0.122. The highest BCUT2D eigenvalue weighted by atomic mass is 15.1. The van der Waals surface area contributed by atoms with E-state index >= 15 is 0 Å². The van der Waals surface area contributed by atoms with Crippen LogP contribution in [-0.2, 0) is 0 Å². The van der Waals surface area contributed by atoms with E-state index in [1.54, 1.807) is 0 Å². The lowest BCUT2D eigenvalue weighted by Crippen LogP contribution is -2.30. The molecule has 0 saturated carbocycles. The van der Waals surface area contributed by atoms with E-state index < -0.39 is 0 Å². The van der Waals surface area contributed by atoms with Gasteiger partial charge in [0.2, 0.25) is 0 Å². The molecule has 218 valence electrons. The molecule has 1 fully saturated rings. The van der Waals surface area contributed by atoms with Crippen molar-refractivity contribution >= 4 is 11.3 Å². The first kappa shape index (κ1) is 35.2. The number of hydrogen-bond acceptors (Lipinski definition) is 3. The van der Waals surface area contributed by atoms with E-state index in [4.69, 9.17) is 11.4 Å². The lowest BCUT2D eigenvalue weighted by Gasteiger charge is -2.29. The summed E-state index contributed by atoms with van der Waals surface area (Å²) in [5.74, 6) is 3.41. The van der Waals surface area contributed by atoms with E-state index in [0.29, 0.717) is 12.5 Å². The van der Waals surface area contributed by atoms with Gasteiger partial charge in [-0.1, -0.05) is 68.2 Å². The molecule has 0 bridgehead atoms. The molecule has 1 aliphatic heterocycles. The number of hydrogen-bond donors (Lipinski definition) is 1. The summed E-state index contributed by atoms with van der Waals surface area (Å²) in [6.07, 6.45) is 24.9. The first-order valence-electron chi connectivity index (χ1n) is 14.5. The summed E-state index contributed by atoms with van der Waals surface area (Å²) in [5, 5.41) is 3.53. The van der Waals surface area contributed by atoms with Gasteiger partial charge in [0.1, 0.15) is 0 Å². The van der Waals surface area contributed by atoms with Gasteiger partial charge in [-0.25, -0.2) is 0 Å². The standard InChI is InChI=1S/C34H43N3.C4H8/c1-9-28-15-14-16-33(22-28)26(6)34(13-5)36-25-30(11-3)23-32(12-4)27(7)35-24-29(10-2)21-31-17-19-37(8)20-18-31;1-3-4-2/h1,10-16,22-24,31,36H,2,4-5,17-21,25H2,3,6-8H3;3-4H,1-2H3/b29-24+,30-11+,32-23+,34-26+,35-27-;4-3+. The van der Waals surface area contributed by atoms with Crippen LogP contribution < -0.4 is 5.32 Å². The van der Waals surface area contributed by atoms with Crippen molar-refractivity contribution in [1.29, 1.82) is 0 Å². The highest BCUT2D eigenvalue weighted by Gasteiger charge is 2.17. The normalized spacial score (nSPS) is 16.3. The maximum Gasteiger partial charge on any atom is 0.0444 e. The number of nitrogens with zero attached hydrogens (tertiary/aromatic N) is 2. The molecular weight excluding hydrogens is 498 g/mol. The van der Waals surface area contributed by atoms with Crippen molar-refractivity contribution in [3.8, 4) is 12.3 Å². The van der Waals surface area contributed by atoms with Crippen molar-refractivity contribution in [2.75, 3.05) is 26.7 Å². The fourth-order valence-electron chi connectivity index (χ4n) is 4.34. The number of nitrogens with one attached hydrogen (secondary N) is 1. The van der Waals surface area contributed by atoms with E-state index in [1.807, 2.05) is 82.5 Å². The van der Waals surface area contributed by atoms with Crippen LogP contribution in [-0.4, -0.2) is 37.3 Å². The van der Waals surface area contributed by atoms with Crippen LogP contribution in [0.4, 0.5) is 0 Å². The third-order valence-electron chi connectivity index (χ3n) is 7.28. The second kappa shape index (κ2) is 20.1. The van der Waals surface area contributed by atoms with E-state index in [9.17, 15) is 0 Å². The minimum absolute atomic E-state index is 0.651. The fourth-order valence-corrected chi connectivity index (χ4v) is 4.34. The van der Waals surface area contributed by atoms with E-state index in [-0.39, 0.29) is 0 Å². The maximum absolute atomic E-state index is 5.58. The molecule has 1 aromatic rings. The van der Waals surface area contributed by atoms with Crippen LogP contribution in [0.25, 0.3) is 5.57 Å². The number of likely N-dealkylation sites (tertiary alicyclic amines) is 1. The second-order valence-electron chi connectivity index (χ2n) is 10.2. The van der Waals surface area contributed by atoms with Crippen LogP contribution in [0.2, 0.25) is 0 Å². The predicted octanol–water partition coefficient (Wildman–Crippen LogP) is 9.08. The van der Waals surface area contributed by atoms with Crippen LogP contribution in [0.15, 0.2) is 120 Å². The molecule has 2 rings (SSSR count). The molecule has 0 spiro atoms. The van der Waals surface area contributed by atoms with Gasteiger partial charge in [-0.05, 0) is 132 Å². The van der Waals surface area contributed by atoms with Gasteiger partial charge < -0.3 is 10.2 Å². The van der Waals surface area contributed by atoms with E-state index in [0.717, 1.165) is 45.7 Å². The Hall–Kier alpha value is -3.87. The van der Waals surface area contributed by atoms with Crippen molar-refractivity contribution in [3.63, 3.8) is 0 Å². The molecule has 3 nitrogen and oxygen atoms in total. The Kier molecular flexibility index (Phi) is 17.2. The average molecular weight is 550 g/mol. The molecule has 0 atom stereocenters. The summed E-state index contributed by atoms with van der Waals surface area (Å²) in [6, 6.07) is 7.99. The van der Waals surface area contributed by atoms with Crippen LogP contribution in [0.5, 0.6) is 0 Å². The van der Waals surface area contributed by atoms with Gasteiger partial charge in [0.05, 0.1) is 0 Å². The summed E-state index contributed by atoms with van der Waals surface area (Å²) >= 11 is 0. The van der Waals surface area contributed by atoms with Crippen LogP contribution >= 0.6 is 0 Å². The average Bonchev–Trinajstić information content (AvgIpc) is 3.01. The molecule has 1 saturated heterocycles. The SMILES string of the molecule is C#Cc1cccc(/C(C)=C(\C=C)NCC(=C/C)/C=C(C=C)/C(C)=N\C=C(/C=C)CC2CCN(C)CC2)c1.C/C=C/C. The molecule has 41 heavy (non-hydrogen) atoms. The monoisotopic (exact) mass is 549 g/mol. The predicted molar refractivity (Wildman–Crippen MR) is 184 cm³/mol. The lowest BCUT2D eigenvalue weighted by molar-refractivity contribution is 0.219. The maximum atomic E-state index is 5.58. The Bertz CT molecular complexity index is 1230. The van der Waals surface area contributed by atoms with Gasteiger partial charge in [0.25, 0.3) is 0 Å². The highest BCUT2D eigenvalue weighted by Crippen LogP contribution is 2.24. The molecule has 1 N–H and O–H groups in total. The van der Waals surface area contributed by atoms with Gasteiger partial charge in [-0.15, -0.1) is 6.42 Å². The summed E-state index contributed by atoms with van der Waals surface area (Å²) < 4.78 is 0. The van der Waals surface area contributed by atoms with Crippen molar-refractivity contribution in [2.24, 2.45) is 10.9 Å². The Labute approximate surface area is 251 Å². The number of piperidine rings is 1. The topological polar surface area (TPSA) is 27.6 Å². The minimum Gasteiger partial charge on any atom is -0.381 e. The molecule has 0 unspecified atom stereocenters. The molecule has 1 heterocycles. The van der Waals surface area contributed by atoms with Crippen molar-refractivity contribution < 1.29 is 0 Å². The molecule has 3 heteroatoms. The van der Waals surface area contributed by atoms with Crippen LogP contribution in [0, 0.1) is 18.3 Å². The second-order valence-corrected chi connectivity index (χ2v) is 10.2. The van der Waals surface area contributed by atoms with Crippen molar-refractivity contribution in [3.05, 3.63) is 126 Å². The van der Waals surface area contributed by atoms with Gasteiger partial charge in [-0.2, -0.15) is 0 Å². The third kappa shape index (κ3) is 12.9. The molecule has 1 aliphatic rings. The summed E-state index contributed by atoms with van der Waals surface area (Å²) in [7, 11) is 2.19. The number of aliphatic imine (C=N–C) groups is 1. The van der Waals surface area contributed by atoms with Gasteiger partial charge in [-0.3, -0.25) is 4.99 Å².